The normalized spacial score (nSPS) is 30.6. The molecule has 1 amide bonds. The fourth-order valence-corrected chi connectivity index (χ4v) is 10.7. The highest BCUT2D eigenvalue weighted by Crippen LogP contribution is 2.64. The number of rotatable bonds is 12. The van der Waals surface area contributed by atoms with Gasteiger partial charge in [0.25, 0.3) is 5.91 Å². The minimum Gasteiger partial charge on any atom is -0.456 e. The van der Waals surface area contributed by atoms with Gasteiger partial charge >= 0.3 is 23.9 Å². The van der Waals surface area contributed by atoms with Crippen LogP contribution in [0.4, 0.5) is 0 Å². The molecule has 4 aliphatic rings. The van der Waals surface area contributed by atoms with E-state index in [0.717, 1.165) is 6.92 Å². The summed E-state index contributed by atoms with van der Waals surface area (Å²) in [5, 5.41) is 29.1. The highest BCUT2D eigenvalue weighted by Gasteiger charge is 2.78. The summed E-state index contributed by atoms with van der Waals surface area (Å²) in [6.07, 6.45) is -9.79. The largest absolute Gasteiger partial charge is 0.456 e. The highest BCUT2D eigenvalue weighted by atomic mass is 16.6. The summed E-state index contributed by atoms with van der Waals surface area (Å²) < 4.78 is 37.4. The Morgan fingerprint density at radius 1 is 0.836 bits per heavy atom. The van der Waals surface area contributed by atoms with Crippen LogP contribution < -0.4 is 5.32 Å². The maximum absolute atomic E-state index is 15.7. The lowest BCUT2D eigenvalue weighted by Crippen LogP contribution is -2.82. The Hall–Kier alpha value is -5.74. The third-order valence-corrected chi connectivity index (χ3v) is 14.2. The topological polar surface area (TPSA) is 210 Å². The standard InChI is InChI=1S/C52H61NO14/c1-29-35(65-47(60)41(63-27-48(4,5)6)39(32-19-13-10-14-20-32)53-45(58)33-21-15-11-16-22-33)26-52(61)44(66-46(59)34-23-17-12-18-24-34)42-50(9,36(56)25-37-51(42,28-62-37)67-31(3)55)43(57)40(64-30(2)54)38(29)49(52,7)8/h10-24,35-37,39-42,44,56,61H,25-28H2,1-9H3,(H,53,58)/t35?,36-,37+,39?,40+,41+,42-,44-,50+,51-,52+/m0/s1. The second-order valence-corrected chi connectivity index (χ2v) is 20.2. The number of esters is 4. The van der Waals surface area contributed by atoms with Gasteiger partial charge in [-0.05, 0) is 60.2 Å². The van der Waals surface area contributed by atoms with Crippen molar-refractivity contribution in [2.24, 2.45) is 22.2 Å². The van der Waals surface area contributed by atoms with E-state index in [-0.39, 0.29) is 36.3 Å². The van der Waals surface area contributed by atoms with Crippen LogP contribution in [0.2, 0.25) is 0 Å². The molecular weight excluding hydrogens is 863 g/mol. The van der Waals surface area contributed by atoms with Crippen molar-refractivity contribution in [1.82, 2.24) is 5.32 Å². The molecule has 2 saturated carbocycles. The van der Waals surface area contributed by atoms with Gasteiger partial charge in [-0.15, -0.1) is 0 Å². The predicted molar refractivity (Wildman–Crippen MR) is 241 cm³/mol. The number of aliphatic hydroxyl groups is 2. The summed E-state index contributed by atoms with van der Waals surface area (Å²) in [5.41, 5.74) is -7.08. The van der Waals surface area contributed by atoms with Crippen LogP contribution in [0.1, 0.15) is 107 Å². The minimum atomic E-state index is -2.37. The van der Waals surface area contributed by atoms with Crippen molar-refractivity contribution in [3.8, 4) is 0 Å². The predicted octanol–water partition coefficient (Wildman–Crippen LogP) is 5.81. The average Bonchev–Trinajstić information content (AvgIpc) is 3.27. The Bertz CT molecular complexity index is 2410. The molecule has 3 aliphatic carbocycles. The average molecular weight is 924 g/mol. The van der Waals surface area contributed by atoms with Crippen LogP contribution >= 0.6 is 0 Å². The second-order valence-electron chi connectivity index (χ2n) is 20.2. The fraction of sp³-hybridized carbons (Fsp3) is 0.500. The molecule has 2 unspecified atom stereocenters. The SMILES string of the molecule is CC(=O)O[C@H]1C(=O)[C@@]2(C)[C@H]([C@H](OC(=O)c3ccccc3)[C@]3(O)CC(OC(=O)[C@H](OCC(C)(C)C)C(NC(=O)c4ccccc4)c4ccccc4)C(C)=C1C3(C)C)[C@]1(OC(C)=O)CO[C@@H]1C[C@@H]2O. The smallest absolute Gasteiger partial charge is 0.338 e. The summed E-state index contributed by atoms with van der Waals surface area (Å²) in [4.78, 5) is 85.4. The van der Waals surface area contributed by atoms with Crippen LogP contribution in [0.5, 0.6) is 0 Å². The molecule has 0 aromatic heterocycles. The van der Waals surface area contributed by atoms with Gasteiger partial charge < -0.3 is 44.0 Å². The zero-order valence-electron chi connectivity index (χ0n) is 39.4. The van der Waals surface area contributed by atoms with Crippen molar-refractivity contribution in [3.63, 3.8) is 0 Å². The van der Waals surface area contributed by atoms with Gasteiger partial charge in [-0.25, -0.2) is 9.59 Å². The Labute approximate surface area is 390 Å². The first-order chi connectivity index (χ1) is 31.5. The van der Waals surface area contributed by atoms with Gasteiger partial charge in [0.2, 0.25) is 0 Å². The zero-order chi connectivity index (χ0) is 48.9. The fourth-order valence-electron chi connectivity index (χ4n) is 10.7. The van der Waals surface area contributed by atoms with Gasteiger partial charge in [0.05, 0.1) is 42.3 Å². The minimum absolute atomic E-state index is 0.0314. The number of amides is 1. The molecule has 2 bridgehead atoms. The van der Waals surface area contributed by atoms with E-state index in [4.69, 9.17) is 28.4 Å². The first-order valence-corrected chi connectivity index (χ1v) is 22.6. The molecule has 3 aromatic carbocycles. The molecular formula is C52H61NO14. The maximum atomic E-state index is 15.7. The van der Waals surface area contributed by atoms with Gasteiger partial charge in [0.15, 0.2) is 23.6 Å². The van der Waals surface area contributed by atoms with E-state index in [2.05, 4.69) is 5.32 Å². The third-order valence-electron chi connectivity index (χ3n) is 14.2. The number of hydrogen-bond donors (Lipinski definition) is 3. The molecule has 358 valence electrons. The van der Waals surface area contributed by atoms with Gasteiger partial charge in [0.1, 0.15) is 23.9 Å². The summed E-state index contributed by atoms with van der Waals surface area (Å²) in [5.74, 6) is -6.36. The number of hydrogen-bond acceptors (Lipinski definition) is 14. The lowest BCUT2D eigenvalue weighted by Gasteiger charge is -2.67. The van der Waals surface area contributed by atoms with Crippen molar-refractivity contribution < 1.29 is 67.4 Å². The molecule has 0 radical (unpaired) electrons. The number of aliphatic hydroxyl groups excluding tert-OH is 1. The second kappa shape index (κ2) is 18.4. The van der Waals surface area contributed by atoms with Crippen LogP contribution in [0.3, 0.4) is 0 Å². The van der Waals surface area contributed by atoms with Crippen LogP contribution in [0, 0.1) is 22.2 Å². The lowest BCUT2D eigenvalue weighted by atomic mass is 9.44. The molecule has 15 heteroatoms. The van der Waals surface area contributed by atoms with Crippen LogP contribution in [-0.2, 0) is 47.6 Å². The van der Waals surface area contributed by atoms with E-state index in [1.165, 1.54) is 26.0 Å². The first-order valence-electron chi connectivity index (χ1n) is 22.6. The molecule has 15 nitrogen and oxygen atoms in total. The molecule has 1 saturated heterocycles. The summed E-state index contributed by atoms with van der Waals surface area (Å²) in [6.45, 7) is 14.0. The summed E-state index contributed by atoms with van der Waals surface area (Å²) in [7, 11) is 0. The molecule has 7 rings (SSSR count). The van der Waals surface area contributed by atoms with Gasteiger partial charge in [0, 0.05) is 37.7 Å². The number of benzene rings is 3. The van der Waals surface area contributed by atoms with Crippen LogP contribution in [0.15, 0.2) is 102 Å². The molecule has 3 fully saturated rings. The Kier molecular flexibility index (Phi) is 13.5. The van der Waals surface area contributed by atoms with Crippen molar-refractivity contribution in [2.75, 3.05) is 13.2 Å². The summed E-state index contributed by atoms with van der Waals surface area (Å²) in [6, 6.07) is 24.1. The third kappa shape index (κ3) is 8.94. The molecule has 1 heterocycles. The lowest BCUT2D eigenvalue weighted by molar-refractivity contribution is -0.346. The molecule has 11 atom stereocenters. The Balaban J connectivity index is 1.42. The number of ether oxygens (including phenoxy) is 6. The van der Waals surface area contributed by atoms with E-state index >= 15 is 9.59 Å². The van der Waals surface area contributed by atoms with Crippen LogP contribution in [0.25, 0.3) is 0 Å². The zero-order valence-corrected chi connectivity index (χ0v) is 39.4. The molecule has 0 spiro atoms. The van der Waals surface area contributed by atoms with E-state index < -0.39 is 118 Å². The van der Waals surface area contributed by atoms with E-state index in [1.54, 1.807) is 99.6 Å². The van der Waals surface area contributed by atoms with Crippen molar-refractivity contribution >= 4 is 35.6 Å². The quantitative estimate of drug-likeness (QED) is 0.111. The Morgan fingerprint density at radius 2 is 1.42 bits per heavy atom. The monoisotopic (exact) mass is 923 g/mol. The number of Topliss-reactive ketones (excluding diaryl/α,β-unsaturated/α-hetero) is 1. The molecule has 3 N–H and O–H groups in total. The van der Waals surface area contributed by atoms with E-state index in [1.807, 2.05) is 20.8 Å². The highest BCUT2D eigenvalue weighted by molar-refractivity contribution is 5.96. The van der Waals surface area contributed by atoms with E-state index in [9.17, 15) is 29.4 Å². The number of ketones is 1. The van der Waals surface area contributed by atoms with Crippen molar-refractivity contribution in [2.45, 2.75) is 129 Å². The Morgan fingerprint density at radius 3 is 1.96 bits per heavy atom. The van der Waals surface area contributed by atoms with E-state index in [0.29, 0.717) is 11.1 Å². The molecule has 3 aromatic rings. The number of carbonyl (C=O) groups is 6. The van der Waals surface area contributed by atoms with Gasteiger partial charge in [-0.2, -0.15) is 0 Å². The van der Waals surface area contributed by atoms with Crippen molar-refractivity contribution in [3.05, 3.63) is 119 Å². The molecule has 1 aliphatic heterocycles. The van der Waals surface area contributed by atoms with Crippen LogP contribution in [-0.4, -0.2) is 107 Å². The van der Waals surface area contributed by atoms with Gasteiger partial charge in [-0.3, -0.25) is 19.2 Å². The number of nitrogens with one attached hydrogen (secondary N) is 1. The number of fused-ring (bicyclic) bond motifs is 5. The maximum Gasteiger partial charge on any atom is 0.338 e. The number of carbonyl (C=O) groups excluding carboxylic acids is 6. The van der Waals surface area contributed by atoms with Gasteiger partial charge in [-0.1, -0.05) is 101 Å². The van der Waals surface area contributed by atoms with Crippen molar-refractivity contribution in [1.29, 1.82) is 0 Å². The first kappa shape index (κ1) is 49.2. The summed E-state index contributed by atoms with van der Waals surface area (Å²) >= 11 is 0. The molecule has 67 heavy (non-hydrogen) atoms.